The first kappa shape index (κ1) is 7.47. The minimum Gasteiger partial charge on any atom is -0.286 e. The lowest BCUT2D eigenvalue weighted by molar-refractivity contribution is 0.739. The normalized spacial score (nSPS) is 22.4. The van der Waals surface area contributed by atoms with Crippen LogP contribution >= 0.6 is 0 Å². The third-order valence-corrected chi connectivity index (χ3v) is 2.17. The minimum absolute atomic E-state index is 0.500. The number of hydrogen-bond donors (Lipinski definition) is 0. The third-order valence-electron chi connectivity index (χ3n) is 2.17. The fourth-order valence-electron chi connectivity index (χ4n) is 1.49. The number of rotatable bonds is 1. The lowest BCUT2D eigenvalue weighted by atomic mass is 10.1. The fraction of sp³-hybridized carbons (Fsp3) is 0.400. The molecule has 1 aromatic rings. The highest BCUT2D eigenvalue weighted by Gasteiger charge is 2.13. The molecule has 0 spiro atoms. The number of aliphatic imine (C=N–C) groups is 1. The zero-order chi connectivity index (χ0) is 8.39. The Labute approximate surface area is 72.4 Å². The van der Waals surface area contributed by atoms with Gasteiger partial charge in [-0.1, -0.05) is 6.07 Å². The van der Waals surface area contributed by atoms with Gasteiger partial charge in [0.05, 0.1) is 0 Å². The van der Waals surface area contributed by atoms with Gasteiger partial charge >= 0.3 is 0 Å². The van der Waals surface area contributed by atoms with Crippen LogP contribution < -0.4 is 0 Å². The molecular weight excluding hydrogens is 148 g/mol. The van der Waals surface area contributed by atoms with Crippen LogP contribution in [-0.2, 0) is 0 Å². The van der Waals surface area contributed by atoms with Crippen LogP contribution in [0, 0.1) is 0 Å². The summed E-state index contributed by atoms with van der Waals surface area (Å²) in [6, 6.07) is 4.53. The monoisotopic (exact) mass is 160 g/mol. The molecule has 0 saturated heterocycles. The molecule has 2 heteroatoms. The Balaban J connectivity index is 2.27. The van der Waals surface area contributed by atoms with Crippen LogP contribution in [0.4, 0.5) is 0 Å². The number of pyridine rings is 1. The second-order valence-electron chi connectivity index (χ2n) is 3.21. The van der Waals surface area contributed by atoms with Crippen molar-refractivity contribution in [3.63, 3.8) is 0 Å². The average Bonchev–Trinajstić information content (AvgIpc) is 2.54. The molecule has 62 valence electrons. The Kier molecular flexibility index (Phi) is 1.90. The molecule has 1 aromatic heterocycles. The fourth-order valence-corrected chi connectivity index (χ4v) is 1.49. The van der Waals surface area contributed by atoms with Crippen LogP contribution in [0.1, 0.15) is 25.3 Å². The van der Waals surface area contributed by atoms with E-state index in [4.69, 9.17) is 0 Å². The Morgan fingerprint density at radius 3 is 3.00 bits per heavy atom. The van der Waals surface area contributed by atoms with Gasteiger partial charge in [-0.15, -0.1) is 0 Å². The van der Waals surface area contributed by atoms with Crippen molar-refractivity contribution in [2.24, 2.45) is 4.99 Å². The summed E-state index contributed by atoms with van der Waals surface area (Å²) >= 11 is 0. The number of nitrogens with zero attached hydrogens (tertiary/aromatic N) is 2. The van der Waals surface area contributed by atoms with E-state index in [9.17, 15) is 0 Å². The summed E-state index contributed by atoms with van der Waals surface area (Å²) in [4.78, 5) is 8.61. The maximum Gasteiger partial charge on any atom is 0.0478 e. The van der Waals surface area contributed by atoms with Gasteiger partial charge in [0.25, 0.3) is 0 Å². The van der Waals surface area contributed by atoms with Gasteiger partial charge in [-0.25, -0.2) is 0 Å². The molecule has 0 bridgehead atoms. The Bertz CT molecular complexity index is 290. The number of aromatic nitrogens is 1. The van der Waals surface area contributed by atoms with E-state index in [1.165, 1.54) is 17.7 Å². The average molecular weight is 160 g/mol. The summed E-state index contributed by atoms with van der Waals surface area (Å²) in [5.41, 5.74) is 2.40. The van der Waals surface area contributed by atoms with Crippen molar-refractivity contribution < 1.29 is 0 Å². The molecule has 0 aliphatic carbocycles. The van der Waals surface area contributed by atoms with Gasteiger partial charge < -0.3 is 0 Å². The molecule has 0 saturated carbocycles. The van der Waals surface area contributed by atoms with Crippen molar-refractivity contribution >= 4 is 5.71 Å². The molecule has 2 heterocycles. The van der Waals surface area contributed by atoms with Crippen molar-refractivity contribution in [2.75, 3.05) is 0 Å². The zero-order valence-electron chi connectivity index (χ0n) is 7.20. The largest absolute Gasteiger partial charge is 0.286 e. The second kappa shape index (κ2) is 3.05. The zero-order valence-corrected chi connectivity index (χ0v) is 7.20. The molecule has 1 aliphatic rings. The van der Waals surface area contributed by atoms with Crippen LogP contribution in [0.2, 0.25) is 0 Å². The summed E-state index contributed by atoms with van der Waals surface area (Å²) in [5.74, 6) is 0. The van der Waals surface area contributed by atoms with Crippen molar-refractivity contribution in [2.45, 2.75) is 25.8 Å². The summed E-state index contributed by atoms with van der Waals surface area (Å²) in [7, 11) is 0. The maximum atomic E-state index is 4.54. The molecule has 1 unspecified atom stereocenters. The van der Waals surface area contributed by atoms with Crippen LogP contribution in [0.3, 0.4) is 0 Å². The highest BCUT2D eigenvalue weighted by molar-refractivity contribution is 6.01. The van der Waals surface area contributed by atoms with Crippen LogP contribution in [-0.4, -0.2) is 16.7 Å². The van der Waals surface area contributed by atoms with Crippen molar-refractivity contribution in [1.82, 2.24) is 4.98 Å². The number of hydrogen-bond acceptors (Lipinski definition) is 2. The van der Waals surface area contributed by atoms with E-state index in [1.54, 1.807) is 6.20 Å². The lowest BCUT2D eigenvalue weighted by Crippen LogP contribution is -1.95. The van der Waals surface area contributed by atoms with Gasteiger partial charge in [0.1, 0.15) is 0 Å². The second-order valence-corrected chi connectivity index (χ2v) is 3.21. The molecule has 0 N–H and O–H groups in total. The predicted octanol–water partition coefficient (Wildman–Crippen LogP) is 2.05. The van der Waals surface area contributed by atoms with Gasteiger partial charge in [-0.3, -0.25) is 9.98 Å². The first-order chi connectivity index (χ1) is 5.86. The predicted molar refractivity (Wildman–Crippen MR) is 49.5 cm³/mol. The molecule has 2 rings (SSSR count). The maximum absolute atomic E-state index is 4.54. The smallest absolute Gasteiger partial charge is 0.0478 e. The van der Waals surface area contributed by atoms with Gasteiger partial charge in [0, 0.05) is 29.7 Å². The molecule has 1 atom stereocenters. The van der Waals surface area contributed by atoms with Crippen molar-refractivity contribution in [3.05, 3.63) is 30.1 Å². The quantitative estimate of drug-likeness (QED) is 0.617. The summed E-state index contributed by atoms with van der Waals surface area (Å²) in [5, 5.41) is 0. The van der Waals surface area contributed by atoms with E-state index in [1.807, 2.05) is 12.3 Å². The molecular formula is C10H12N2. The van der Waals surface area contributed by atoms with Gasteiger partial charge in [0.15, 0.2) is 0 Å². The van der Waals surface area contributed by atoms with Crippen molar-refractivity contribution in [3.8, 4) is 0 Å². The SMILES string of the molecule is CC1CCC(c2cccnc2)=N1. The molecule has 0 amide bonds. The molecule has 12 heavy (non-hydrogen) atoms. The highest BCUT2D eigenvalue weighted by Crippen LogP contribution is 2.16. The van der Waals surface area contributed by atoms with Gasteiger partial charge in [0.2, 0.25) is 0 Å². The van der Waals surface area contributed by atoms with E-state index in [-0.39, 0.29) is 0 Å². The molecule has 1 aliphatic heterocycles. The topological polar surface area (TPSA) is 25.2 Å². The minimum atomic E-state index is 0.500. The molecule has 0 radical (unpaired) electrons. The Hall–Kier alpha value is -1.18. The van der Waals surface area contributed by atoms with Gasteiger partial charge in [-0.05, 0) is 25.8 Å². The van der Waals surface area contributed by atoms with Crippen LogP contribution in [0.25, 0.3) is 0 Å². The van der Waals surface area contributed by atoms with E-state index in [0.717, 1.165) is 6.42 Å². The molecule has 0 fully saturated rings. The first-order valence-electron chi connectivity index (χ1n) is 4.33. The van der Waals surface area contributed by atoms with E-state index in [2.05, 4.69) is 23.0 Å². The standard InChI is InChI=1S/C10H12N2/c1-8-4-5-10(12-8)9-3-2-6-11-7-9/h2-3,6-8H,4-5H2,1H3. The first-order valence-corrected chi connectivity index (χ1v) is 4.33. The summed E-state index contributed by atoms with van der Waals surface area (Å²) in [6.45, 7) is 2.16. The van der Waals surface area contributed by atoms with E-state index >= 15 is 0 Å². The molecule has 0 aromatic carbocycles. The third kappa shape index (κ3) is 1.37. The Morgan fingerprint density at radius 1 is 1.50 bits per heavy atom. The van der Waals surface area contributed by atoms with Crippen LogP contribution in [0.5, 0.6) is 0 Å². The molecule has 2 nitrogen and oxygen atoms in total. The summed E-state index contributed by atoms with van der Waals surface area (Å²) < 4.78 is 0. The van der Waals surface area contributed by atoms with Gasteiger partial charge in [-0.2, -0.15) is 0 Å². The van der Waals surface area contributed by atoms with E-state index < -0.39 is 0 Å². The van der Waals surface area contributed by atoms with Crippen LogP contribution in [0.15, 0.2) is 29.5 Å². The summed E-state index contributed by atoms with van der Waals surface area (Å²) in [6.07, 6.45) is 5.97. The Morgan fingerprint density at radius 2 is 2.42 bits per heavy atom. The van der Waals surface area contributed by atoms with E-state index in [0.29, 0.717) is 6.04 Å². The highest BCUT2D eigenvalue weighted by atomic mass is 14.8. The lowest BCUT2D eigenvalue weighted by Gasteiger charge is -1.96. The van der Waals surface area contributed by atoms with Crippen molar-refractivity contribution in [1.29, 1.82) is 0 Å².